The Bertz CT molecular complexity index is 509. The monoisotopic (exact) mass is 290 g/mol. The third kappa shape index (κ3) is 4.17. The quantitative estimate of drug-likeness (QED) is 0.590. The number of hydrazine groups is 1. The molecule has 0 radical (unpaired) electrons. The third-order valence-electron chi connectivity index (χ3n) is 4.05. The van der Waals surface area contributed by atoms with E-state index in [1.807, 2.05) is 0 Å². The van der Waals surface area contributed by atoms with Crippen LogP contribution >= 0.6 is 0 Å². The topological polar surface area (TPSA) is 80.0 Å². The van der Waals surface area contributed by atoms with Gasteiger partial charge in [0.15, 0.2) is 0 Å². The van der Waals surface area contributed by atoms with E-state index in [1.165, 1.54) is 6.42 Å². The van der Waals surface area contributed by atoms with Crippen molar-refractivity contribution in [3.05, 3.63) is 24.0 Å². The SMILES string of the molecule is CC1(C)CC(NC(=O)c2cc(NN)ccn2)CC(C)(C)C1. The van der Waals surface area contributed by atoms with Crippen LogP contribution in [0.1, 0.15) is 57.4 Å². The molecule has 1 amide bonds. The number of pyridine rings is 1. The summed E-state index contributed by atoms with van der Waals surface area (Å²) in [5.41, 5.74) is 4.09. The molecule has 5 nitrogen and oxygen atoms in total. The summed E-state index contributed by atoms with van der Waals surface area (Å²) in [5, 5.41) is 3.13. The number of anilines is 1. The summed E-state index contributed by atoms with van der Waals surface area (Å²) >= 11 is 0. The predicted molar refractivity (Wildman–Crippen MR) is 84.7 cm³/mol. The zero-order chi connectivity index (χ0) is 15.7. The summed E-state index contributed by atoms with van der Waals surface area (Å²) in [6.45, 7) is 9.07. The summed E-state index contributed by atoms with van der Waals surface area (Å²) in [7, 11) is 0. The fraction of sp³-hybridized carbons (Fsp3) is 0.625. The Kier molecular flexibility index (Phi) is 4.23. The number of nitrogens with zero attached hydrogens (tertiary/aromatic N) is 1. The van der Waals surface area contributed by atoms with E-state index < -0.39 is 0 Å². The molecule has 1 aliphatic rings. The zero-order valence-electron chi connectivity index (χ0n) is 13.4. The number of carbonyl (C=O) groups excluding carboxylic acids is 1. The van der Waals surface area contributed by atoms with Gasteiger partial charge in [0.25, 0.3) is 5.91 Å². The van der Waals surface area contributed by atoms with Crippen molar-refractivity contribution in [3.63, 3.8) is 0 Å². The fourth-order valence-corrected chi connectivity index (χ4v) is 3.85. The molecule has 0 unspecified atom stereocenters. The highest BCUT2D eigenvalue weighted by Gasteiger charge is 2.39. The first-order chi connectivity index (χ1) is 9.71. The number of nitrogens with one attached hydrogen (secondary N) is 2. The number of nitrogens with two attached hydrogens (primary N) is 1. The molecule has 1 aromatic heterocycles. The molecule has 0 spiro atoms. The highest BCUT2D eigenvalue weighted by molar-refractivity contribution is 5.93. The van der Waals surface area contributed by atoms with Gasteiger partial charge in [-0.2, -0.15) is 0 Å². The molecule has 1 aliphatic carbocycles. The van der Waals surface area contributed by atoms with Crippen molar-refractivity contribution in [2.75, 3.05) is 5.43 Å². The van der Waals surface area contributed by atoms with Crippen molar-refractivity contribution in [1.29, 1.82) is 0 Å². The Morgan fingerprint density at radius 2 is 1.90 bits per heavy atom. The molecule has 116 valence electrons. The smallest absolute Gasteiger partial charge is 0.270 e. The molecular weight excluding hydrogens is 264 g/mol. The Hall–Kier alpha value is -1.62. The maximum absolute atomic E-state index is 12.4. The molecule has 0 bridgehead atoms. The highest BCUT2D eigenvalue weighted by Crippen LogP contribution is 2.45. The Labute approximate surface area is 126 Å². The number of hydrogen-bond acceptors (Lipinski definition) is 4. The van der Waals surface area contributed by atoms with Gasteiger partial charge in [0.2, 0.25) is 0 Å². The van der Waals surface area contributed by atoms with Gasteiger partial charge in [0.1, 0.15) is 5.69 Å². The lowest BCUT2D eigenvalue weighted by molar-refractivity contribution is 0.0710. The molecule has 1 aromatic rings. The van der Waals surface area contributed by atoms with E-state index in [-0.39, 0.29) is 22.8 Å². The van der Waals surface area contributed by atoms with Gasteiger partial charge < -0.3 is 10.7 Å². The molecule has 0 atom stereocenters. The van der Waals surface area contributed by atoms with Crippen LogP contribution in [-0.2, 0) is 0 Å². The van der Waals surface area contributed by atoms with Crippen molar-refractivity contribution in [2.45, 2.75) is 53.0 Å². The highest BCUT2D eigenvalue weighted by atomic mass is 16.1. The molecule has 0 aromatic carbocycles. The van der Waals surface area contributed by atoms with Gasteiger partial charge in [-0.05, 0) is 42.2 Å². The van der Waals surface area contributed by atoms with Gasteiger partial charge in [-0.1, -0.05) is 27.7 Å². The van der Waals surface area contributed by atoms with Crippen LogP contribution in [0, 0.1) is 10.8 Å². The van der Waals surface area contributed by atoms with Gasteiger partial charge in [0.05, 0.1) is 5.69 Å². The van der Waals surface area contributed by atoms with Gasteiger partial charge >= 0.3 is 0 Å². The van der Waals surface area contributed by atoms with Gasteiger partial charge in [0, 0.05) is 12.2 Å². The summed E-state index contributed by atoms with van der Waals surface area (Å²) in [6, 6.07) is 3.57. The number of nitrogen functional groups attached to an aromatic ring is 1. The summed E-state index contributed by atoms with van der Waals surface area (Å²) in [6.07, 6.45) is 4.75. The number of carbonyl (C=O) groups is 1. The number of aromatic nitrogens is 1. The van der Waals surface area contributed by atoms with Crippen LogP contribution in [0.3, 0.4) is 0 Å². The van der Waals surface area contributed by atoms with Gasteiger partial charge in [-0.25, -0.2) is 0 Å². The molecule has 1 fully saturated rings. The van der Waals surface area contributed by atoms with Gasteiger partial charge in [-0.3, -0.25) is 15.6 Å². The number of rotatable bonds is 3. The summed E-state index contributed by atoms with van der Waals surface area (Å²) < 4.78 is 0. The average molecular weight is 290 g/mol. The standard InChI is InChI=1S/C16H26N4O/c1-15(2)8-12(9-16(3,4)10-15)19-14(21)13-7-11(20-17)5-6-18-13/h5-7,12H,8-10,17H2,1-4H3,(H,18,20)(H,19,21). The molecule has 2 rings (SSSR count). The molecular formula is C16H26N4O. The zero-order valence-corrected chi connectivity index (χ0v) is 13.4. The van der Waals surface area contributed by atoms with E-state index in [4.69, 9.17) is 5.84 Å². The molecule has 4 N–H and O–H groups in total. The largest absolute Gasteiger partial charge is 0.348 e. The Morgan fingerprint density at radius 1 is 1.29 bits per heavy atom. The van der Waals surface area contributed by atoms with E-state index in [2.05, 4.69) is 43.4 Å². The van der Waals surface area contributed by atoms with Crippen LogP contribution < -0.4 is 16.6 Å². The lowest BCUT2D eigenvalue weighted by Gasteiger charge is -2.45. The van der Waals surface area contributed by atoms with E-state index >= 15 is 0 Å². The number of hydrogen-bond donors (Lipinski definition) is 3. The maximum atomic E-state index is 12.4. The Morgan fingerprint density at radius 3 is 2.48 bits per heavy atom. The minimum Gasteiger partial charge on any atom is -0.348 e. The van der Waals surface area contributed by atoms with Crippen LogP contribution in [0.4, 0.5) is 5.69 Å². The van der Waals surface area contributed by atoms with Crippen LogP contribution in [0.5, 0.6) is 0 Å². The molecule has 5 heteroatoms. The molecule has 1 saturated carbocycles. The first-order valence-corrected chi connectivity index (χ1v) is 7.44. The van der Waals surface area contributed by atoms with Crippen molar-refractivity contribution in [3.8, 4) is 0 Å². The first kappa shape index (κ1) is 15.8. The molecule has 0 saturated heterocycles. The van der Waals surface area contributed by atoms with Crippen molar-refractivity contribution in [1.82, 2.24) is 10.3 Å². The van der Waals surface area contributed by atoms with E-state index in [1.54, 1.807) is 18.3 Å². The van der Waals surface area contributed by atoms with E-state index in [0.717, 1.165) is 12.8 Å². The second kappa shape index (κ2) is 5.64. The first-order valence-electron chi connectivity index (χ1n) is 7.44. The van der Waals surface area contributed by atoms with Crippen LogP contribution in [-0.4, -0.2) is 16.9 Å². The van der Waals surface area contributed by atoms with Crippen LogP contribution in [0.15, 0.2) is 18.3 Å². The Balaban J connectivity index is 2.08. The molecule has 0 aliphatic heterocycles. The maximum Gasteiger partial charge on any atom is 0.270 e. The van der Waals surface area contributed by atoms with E-state index in [0.29, 0.717) is 11.4 Å². The average Bonchev–Trinajstić information content (AvgIpc) is 2.35. The van der Waals surface area contributed by atoms with E-state index in [9.17, 15) is 4.79 Å². The normalized spacial score (nSPS) is 20.8. The van der Waals surface area contributed by atoms with Crippen LogP contribution in [0.25, 0.3) is 0 Å². The van der Waals surface area contributed by atoms with Gasteiger partial charge in [-0.15, -0.1) is 0 Å². The summed E-state index contributed by atoms with van der Waals surface area (Å²) in [4.78, 5) is 16.5. The summed E-state index contributed by atoms with van der Waals surface area (Å²) in [5.74, 6) is 5.23. The lowest BCUT2D eigenvalue weighted by Crippen LogP contribution is -2.46. The predicted octanol–water partition coefficient (Wildman–Crippen LogP) is 2.70. The van der Waals surface area contributed by atoms with Crippen molar-refractivity contribution < 1.29 is 4.79 Å². The van der Waals surface area contributed by atoms with Crippen LogP contribution in [0.2, 0.25) is 0 Å². The van der Waals surface area contributed by atoms with Crippen molar-refractivity contribution >= 4 is 11.6 Å². The second-order valence-electron chi connectivity index (χ2n) is 7.66. The lowest BCUT2D eigenvalue weighted by atomic mass is 9.63. The second-order valence-corrected chi connectivity index (χ2v) is 7.66. The van der Waals surface area contributed by atoms with Crippen molar-refractivity contribution in [2.24, 2.45) is 16.7 Å². The molecule has 1 heterocycles. The minimum absolute atomic E-state index is 0.134. The minimum atomic E-state index is -0.134. The fourth-order valence-electron chi connectivity index (χ4n) is 3.85. The number of amides is 1. The molecule has 21 heavy (non-hydrogen) atoms. The third-order valence-corrected chi connectivity index (χ3v) is 4.05.